The molecule has 1 aromatic heterocycles. The Balaban J connectivity index is 2.01. The van der Waals surface area contributed by atoms with Gasteiger partial charge in [-0.25, -0.2) is 0 Å². The maximum absolute atomic E-state index is 12.3. The highest BCUT2D eigenvalue weighted by Gasteiger charge is 2.18. The highest BCUT2D eigenvalue weighted by molar-refractivity contribution is 8.02. The number of nitrogens with one attached hydrogen (secondary N) is 2. The number of rotatable bonds is 7. The van der Waals surface area contributed by atoms with Crippen molar-refractivity contribution in [3.05, 3.63) is 29.8 Å². The summed E-state index contributed by atoms with van der Waals surface area (Å²) in [5.41, 5.74) is 1.03. The Labute approximate surface area is 143 Å². The molecular formula is C15H18N4O2S2. The number of para-hydroxylation sites is 1. The number of amides is 1. The van der Waals surface area contributed by atoms with Crippen LogP contribution in [-0.4, -0.2) is 33.7 Å². The second kappa shape index (κ2) is 8.07. The van der Waals surface area contributed by atoms with Crippen LogP contribution in [0.1, 0.15) is 31.1 Å². The molecule has 0 fully saturated rings. The van der Waals surface area contributed by atoms with E-state index in [1.165, 1.54) is 30.0 Å². The Kier molecular flexibility index (Phi) is 6.12. The molecule has 0 radical (unpaired) electrons. The van der Waals surface area contributed by atoms with E-state index in [2.05, 4.69) is 20.8 Å². The van der Waals surface area contributed by atoms with E-state index < -0.39 is 0 Å². The summed E-state index contributed by atoms with van der Waals surface area (Å²) in [5, 5.41) is 14.3. The van der Waals surface area contributed by atoms with Crippen LogP contribution in [0.3, 0.4) is 0 Å². The summed E-state index contributed by atoms with van der Waals surface area (Å²) in [4.78, 5) is 23.9. The van der Waals surface area contributed by atoms with Crippen LogP contribution >= 0.6 is 23.1 Å². The van der Waals surface area contributed by atoms with E-state index in [1.54, 1.807) is 31.2 Å². The number of ketones is 1. The average molecular weight is 350 g/mol. The number of hydrogen-bond acceptors (Lipinski definition) is 7. The number of thioether (sulfide) groups is 1. The number of carbonyl (C=O) groups is 2. The van der Waals surface area contributed by atoms with E-state index in [0.29, 0.717) is 11.3 Å². The molecule has 2 N–H and O–H groups in total. The van der Waals surface area contributed by atoms with Crippen molar-refractivity contribution >= 4 is 45.6 Å². The predicted molar refractivity (Wildman–Crippen MR) is 94.5 cm³/mol. The molecule has 1 amide bonds. The van der Waals surface area contributed by atoms with E-state index in [1.807, 2.05) is 6.92 Å². The van der Waals surface area contributed by atoms with Gasteiger partial charge in [0, 0.05) is 12.1 Å². The fourth-order valence-electron chi connectivity index (χ4n) is 1.82. The maximum Gasteiger partial charge on any atom is 0.237 e. The van der Waals surface area contributed by atoms with Crippen molar-refractivity contribution in [2.45, 2.75) is 30.4 Å². The van der Waals surface area contributed by atoms with Gasteiger partial charge in [-0.05, 0) is 32.9 Å². The first-order valence-electron chi connectivity index (χ1n) is 7.16. The SMILES string of the molecule is CCNc1nnc(SC(C)C(=O)Nc2ccccc2C(C)=O)s1. The van der Waals surface area contributed by atoms with Crippen LogP contribution in [0.15, 0.2) is 28.6 Å². The summed E-state index contributed by atoms with van der Waals surface area (Å²) in [5.74, 6) is -0.260. The number of hydrogen-bond donors (Lipinski definition) is 2. The van der Waals surface area contributed by atoms with Gasteiger partial charge in [0.05, 0.1) is 10.9 Å². The van der Waals surface area contributed by atoms with E-state index in [4.69, 9.17) is 0 Å². The molecule has 0 aliphatic rings. The lowest BCUT2D eigenvalue weighted by Gasteiger charge is -2.12. The topological polar surface area (TPSA) is 84.0 Å². The lowest BCUT2D eigenvalue weighted by molar-refractivity contribution is -0.115. The van der Waals surface area contributed by atoms with Crippen LogP contribution < -0.4 is 10.6 Å². The normalized spacial score (nSPS) is 11.8. The summed E-state index contributed by atoms with van der Waals surface area (Å²) < 4.78 is 0.725. The van der Waals surface area contributed by atoms with Crippen LogP contribution in [0, 0.1) is 0 Å². The summed E-state index contributed by atoms with van der Waals surface area (Å²) in [6, 6.07) is 6.98. The van der Waals surface area contributed by atoms with Crippen LogP contribution in [0.2, 0.25) is 0 Å². The molecular weight excluding hydrogens is 332 g/mol. The summed E-state index contributed by atoms with van der Waals surface area (Å²) >= 11 is 2.75. The number of anilines is 2. The van der Waals surface area contributed by atoms with Crippen molar-refractivity contribution in [2.24, 2.45) is 0 Å². The quantitative estimate of drug-likeness (QED) is 0.589. The molecule has 122 valence electrons. The molecule has 6 nitrogen and oxygen atoms in total. The minimum atomic E-state index is -0.350. The molecule has 1 heterocycles. The van der Waals surface area contributed by atoms with E-state index in [0.717, 1.165) is 16.0 Å². The first-order chi connectivity index (χ1) is 11.0. The maximum atomic E-state index is 12.3. The zero-order chi connectivity index (χ0) is 16.8. The van der Waals surface area contributed by atoms with Crippen molar-refractivity contribution in [3.8, 4) is 0 Å². The van der Waals surface area contributed by atoms with Crippen LogP contribution in [0.5, 0.6) is 0 Å². The van der Waals surface area contributed by atoms with Gasteiger partial charge in [-0.15, -0.1) is 10.2 Å². The molecule has 0 spiro atoms. The Hall–Kier alpha value is -1.93. The fraction of sp³-hybridized carbons (Fsp3) is 0.333. The summed E-state index contributed by atoms with van der Waals surface area (Å²) in [6.07, 6.45) is 0. The van der Waals surface area contributed by atoms with E-state index >= 15 is 0 Å². The zero-order valence-electron chi connectivity index (χ0n) is 13.1. The number of Topliss-reactive ketones (excluding diaryl/α,β-unsaturated/α-hetero) is 1. The summed E-state index contributed by atoms with van der Waals surface area (Å²) in [7, 11) is 0. The Morgan fingerprint density at radius 3 is 2.74 bits per heavy atom. The number of carbonyl (C=O) groups excluding carboxylic acids is 2. The number of aromatic nitrogens is 2. The second-order valence-electron chi connectivity index (χ2n) is 4.75. The lowest BCUT2D eigenvalue weighted by Crippen LogP contribution is -2.23. The van der Waals surface area contributed by atoms with Gasteiger partial charge in [0.15, 0.2) is 10.1 Å². The summed E-state index contributed by atoms with van der Waals surface area (Å²) in [6.45, 7) is 6.03. The molecule has 0 saturated carbocycles. The molecule has 0 bridgehead atoms. The predicted octanol–water partition coefficient (Wildman–Crippen LogP) is 3.29. The van der Waals surface area contributed by atoms with Crippen molar-refractivity contribution in [2.75, 3.05) is 17.2 Å². The molecule has 8 heteroatoms. The van der Waals surface area contributed by atoms with Crippen molar-refractivity contribution in [1.29, 1.82) is 0 Å². The third-order valence-corrected chi connectivity index (χ3v) is 5.01. The molecule has 1 atom stereocenters. The van der Waals surface area contributed by atoms with Gasteiger partial charge < -0.3 is 10.6 Å². The van der Waals surface area contributed by atoms with Crippen molar-refractivity contribution in [3.63, 3.8) is 0 Å². The minimum absolute atomic E-state index is 0.0828. The molecule has 2 rings (SSSR count). The van der Waals surface area contributed by atoms with Crippen LogP contribution in [-0.2, 0) is 4.79 Å². The number of nitrogens with zero attached hydrogens (tertiary/aromatic N) is 2. The van der Waals surface area contributed by atoms with E-state index in [-0.39, 0.29) is 16.9 Å². The third-order valence-electron chi connectivity index (χ3n) is 2.95. The molecule has 23 heavy (non-hydrogen) atoms. The average Bonchev–Trinajstić information content (AvgIpc) is 2.95. The first kappa shape index (κ1) is 17.4. The minimum Gasteiger partial charge on any atom is -0.360 e. The van der Waals surface area contributed by atoms with Gasteiger partial charge in [0.25, 0.3) is 0 Å². The molecule has 1 aromatic carbocycles. The monoisotopic (exact) mass is 350 g/mol. The molecule has 1 unspecified atom stereocenters. The largest absolute Gasteiger partial charge is 0.360 e. The number of benzene rings is 1. The highest BCUT2D eigenvalue weighted by atomic mass is 32.2. The molecule has 0 aliphatic heterocycles. The van der Waals surface area contributed by atoms with E-state index in [9.17, 15) is 9.59 Å². The highest BCUT2D eigenvalue weighted by Crippen LogP contribution is 2.29. The van der Waals surface area contributed by atoms with Gasteiger partial charge in [0.2, 0.25) is 11.0 Å². The lowest BCUT2D eigenvalue weighted by atomic mass is 10.1. The molecule has 0 saturated heterocycles. The van der Waals surface area contributed by atoms with Crippen LogP contribution in [0.4, 0.5) is 10.8 Å². The molecule has 0 aliphatic carbocycles. The Morgan fingerprint density at radius 2 is 2.04 bits per heavy atom. The van der Waals surface area contributed by atoms with Crippen LogP contribution in [0.25, 0.3) is 0 Å². The fourth-order valence-corrected chi connectivity index (χ4v) is 3.78. The van der Waals surface area contributed by atoms with Gasteiger partial charge >= 0.3 is 0 Å². The van der Waals surface area contributed by atoms with Crippen molar-refractivity contribution < 1.29 is 9.59 Å². The van der Waals surface area contributed by atoms with Gasteiger partial charge in [-0.3, -0.25) is 9.59 Å². The first-order valence-corrected chi connectivity index (χ1v) is 8.85. The smallest absolute Gasteiger partial charge is 0.237 e. The van der Waals surface area contributed by atoms with Gasteiger partial charge in [-0.1, -0.05) is 35.2 Å². The zero-order valence-corrected chi connectivity index (χ0v) is 14.8. The Bertz CT molecular complexity index is 702. The standard InChI is InChI=1S/C15H18N4O2S2/c1-4-16-14-18-19-15(23-14)22-10(3)13(21)17-12-8-6-5-7-11(12)9(2)20/h5-8,10H,4H2,1-3H3,(H,16,18)(H,17,21). The molecule has 2 aromatic rings. The Morgan fingerprint density at radius 1 is 1.30 bits per heavy atom. The third kappa shape index (κ3) is 4.77. The van der Waals surface area contributed by atoms with Gasteiger partial charge in [-0.2, -0.15) is 0 Å². The van der Waals surface area contributed by atoms with Crippen molar-refractivity contribution in [1.82, 2.24) is 10.2 Å². The second-order valence-corrected chi connectivity index (χ2v) is 7.32. The van der Waals surface area contributed by atoms with Gasteiger partial charge in [0.1, 0.15) is 0 Å².